The van der Waals surface area contributed by atoms with Gasteiger partial charge in [-0.3, -0.25) is 10.1 Å². The minimum atomic E-state index is -0.501. The van der Waals surface area contributed by atoms with E-state index >= 15 is 0 Å². The highest BCUT2D eigenvalue weighted by molar-refractivity contribution is 5.68. The van der Waals surface area contributed by atoms with Gasteiger partial charge in [0.05, 0.1) is 4.92 Å². The van der Waals surface area contributed by atoms with Gasteiger partial charge in [-0.1, -0.05) is 42.5 Å². The van der Waals surface area contributed by atoms with Gasteiger partial charge in [-0.15, -0.1) is 0 Å². The molecule has 0 aliphatic rings. The van der Waals surface area contributed by atoms with Gasteiger partial charge in [0.15, 0.2) is 0 Å². The first-order valence-electron chi connectivity index (χ1n) is 7.50. The topological polar surface area (TPSA) is 96.2 Å². The molecule has 3 aromatic rings. The Labute approximate surface area is 143 Å². The fourth-order valence-corrected chi connectivity index (χ4v) is 2.50. The minimum absolute atomic E-state index is 0.0544. The maximum Gasteiger partial charge on any atom is 0.282 e. The lowest BCUT2D eigenvalue weighted by molar-refractivity contribution is -0.384. The normalized spacial score (nSPS) is 10.2. The number of oxazole rings is 1. The Bertz CT molecular complexity index is 944. The van der Waals surface area contributed by atoms with E-state index in [4.69, 9.17) is 4.42 Å². The van der Waals surface area contributed by atoms with E-state index < -0.39 is 4.92 Å². The molecule has 0 saturated heterocycles. The lowest BCUT2D eigenvalue weighted by Crippen LogP contribution is -2.16. The summed E-state index contributed by atoms with van der Waals surface area (Å²) < 4.78 is 5.70. The zero-order valence-corrected chi connectivity index (χ0v) is 13.4. The summed E-state index contributed by atoms with van der Waals surface area (Å²) in [5, 5.41) is 20.5. The van der Waals surface area contributed by atoms with Crippen LogP contribution in [0.5, 0.6) is 0 Å². The number of aromatic nitrogens is 1. The van der Waals surface area contributed by atoms with Gasteiger partial charge >= 0.3 is 0 Å². The molecule has 0 spiro atoms. The second-order valence-corrected chi connectivity index (χ2v) is 5.40. The smallest absolute Gasteiger partial charge is 0.282 e. The first-order valence-corrected chi connectivity index (χ1v) is 7.50. The van der Waals surface area contributed by atoms with Crippen LogP contribution in [0.2, 0.25) is 0 Å². The third kappa shape index (κ3) is 3.33. The molecule has 1 heterocycles. The summed E-state index contributed by atoms with van der Waals surface area (Å²) in [7, 11) is 1.78. The van der Waals surface area contributed by atoms with Crippen LogP contribution in [0.3, 0.4) is 0 Å². The van der Waals surface area contributed by atoms with Crippen LogP contribution in [0.25, 0.3) is 11.5 Å². The highest BCUT2D eigenvalue weighted by atomic mass is 16.6. The standard InChI is InChI=1S/C18H14N4O3/c1-21(12-13-7-3-2-4-8-13)18-15(11-19)20-17(25-18)14-9-5-6-10-16(14)22(23)24/h2-10H,12H2,1H3. The number of hydrogen-bond donors (Lipinski definition) is 0. The van der Waals surface area contributed by atoms with Gasteiger partial charge in [0.1, 0.15) is 11.6 Å². The Morgan fingerprint density at radius 3 is 2.56 bits per heavy atom. The molecule has 0 fully saturated rings. The summed E-state index contributed by atoms with van der Waals surface area (Å²) in [6.07, 6.45) is 0. The Balaban J connectivity index is 1.98. The molecule has 0 N–H and O–H groups in total. The molecular formula is C18H14N4O3. The van der Waals surface area contributed by atoms with Crippen LogP contribution in [-0.2, 0) is 6.54 Å². The monoisotopic (exact) mass is 334 g/mol. The third-order valence-corrected chi connectivity index (χ3v) is 3.66. The Kier molecular flexibility index (Phi) is 4.44. The van der Waals surface area contributed by atoms with Crippen molar-refractivity contribution in [2.24, 2.45) is 0 Å². The van der Waals surface area contributed by atoms with Crippen molar-refractivity contribution in [1.29, 1.82) is 5.26 Å². The molecule has 0 unspecified atom stereocenters. The predicted octanol–water partition coefficient (Wildman–Crippen LogP) is 3.76. The number of nitro groups is 1. The quantitative estimate of drug-likeness (QED) is 0.520. The molecule has 3 rings (SSSR count). The summed E-state index contributed by atoms with van der Waals surface area (Å²) >= 11 is 0. The van der Waals surface area contributed by atoms with E-state index in [1.54, 1.807) is 30.1 Å². The zero-order valence-electron chi connectivity index (χ0n) is 13.4. The number of anilines is 1. The number of benzene rings is 2. The number of hydrogen-bond acceptors (Lipinski definition) is 6. The van der Waals surface area contributed by atoms with Gasteiger partial charge in [0.2, 0.25) is 17.5 Å². The van der Waals surface area contributed by atoms with E-state index in [9.17, 15) is 15.4 Å². The van der Waals surface area contributed by atoms with Crippen LogP contribution >= 0.6 is 0 Å². The second kappa shape index (κ2) is 6.84. The molecule has 0 saturated carbocycles. The molecule has 7 heteroatoms. The molecule has 0 radical (unpaired) electrons. The Hall–Kier alpha value is -3.66. The van der Waals surface area contributed by atoms with Gasteiger partial charge in [-0.05, 0) is 11.6 Å². The summed E-state index contributed by atoms with van der Waals surface area (Å²) in [4.78, 5) is 16.6. The average Bonchev–Trinajstić information content (AvgIpc) is 3.07. The summed E-state index contributed by atoms with van der Waals surface area (Å²) in [5.41, 5.74) is 1.25. The molecule has 0 bridgehead atoms. The fraction of sp³-hybridized carbons (Fsp3) is 0.111. The van der Waals surface area contributed by atoms with Crippen LogP contribution in [-0.4, -0.2) is 17.0 Å². The lowest BCUT2D eigenvalue weighted by Gasteiger charge is -2.15. The molecule has 25 heavy (non-hydrogen) atoms. The first kappa shape index (κ1) is 16.2. The zero-order chi connectivity index (χ0) is 17.8. The molecule has 1 aromatic heterocycles. The van der Waals surface area contributed by atoms with E-state index in [-0.39, 0.29) is 28.7 Å². The third-order valence-electron chi connectivity index (χ3n) is 3.66. The van der Waals surface area contributed by atoms with Crippen LogP contribution in [0, 0.1) is 21.4 Å². The van der Waals surface area contributed by atoms with Crippen molar-refractivity contribution >= 4 is 11.6 Å². The van der Waals surface area contributed by atoms with E-state index in [1.165, 1.54) is 6.07 Å². The summed E-state index contributed by atoms with van der Waals surface area (Å²) in [5.74, 6) is 0.332. The molecule has 0 aliphatic heterocycles. The van der Waals surface area contributed by atoms with Gasteiger partial charge in [-0.25, -0.2) is 0 Å². The van der Waals surface area contributed by atoms with Crippen molar-refractivity contribution in [1.82, 2.24) is 4.98 Å². The van der Waals surface area contributed by atoms with Crippen molar-refractivity contribution in [3.8, 4) is 17.5 Å². The van der Waals surface area contributed by atoms with Crippen LogP contribution in [0.15, 0.2) is 59.0 Å². The highest BCUT2D eigenvalue weighted by Gasteiger charge is 2.23. The lowest BCUT2D eigenvalue weighted by atomic mass is 10.2. The maximum absolute atomic E-state index is 11.2. The minimum Gasteiger partial charge on any atom is -0.419 e. The van der Waals surface area contributed by atoms with Crippen molar-refractivity contribution in [2.75, 3.05) is 11.9 Å². The number of para-hydroxylation sites is 1. The molecular weight excluding hydrogens is 320 g/mol. The summed E-state index contributed by atoms with van der Waals surface area (Å²) in [6.45, 7) is 0.515. The predicted molar refractivity (Wildman–Crippen MR) is 91.9 cm³/mol. The van der Waals surface area contributed by atoms with E-state index in [2.05, 4.69) is 4.98 Å². The summed E-state index contributed by atoms with van der Waals surface area (Å²) in [6, 6.07) is 17.8. The Morgan fingerprint density at radius 2 is 1.88 bits per heavy atom. The van der Waals surface area contributed by atoms with Crippen molar-refractivity contribution in [3.63, 3.8) is 0 Å². The van der Waals surface area contributed by atoms with E-state index in [1.807, 2.05) is 36.4 Å². The maximum atomic E-state index is 11.2. The number of nitro benzene ring substituents is 1. The first-order chi connectivity index (χ1) is 12.1. The molecule has 0 atom stereocenters. The van der Waals surface area contributed by atoms with Crippen LogP contribution in [0.1, 0.15) is 11.3 Å². The SMILES string of the molecule is CN(Cc1ccccc1)c1oc(-c2ccccc2[N+](=O)[O-])nc1C#N. The Morgan fingerprint density at radius 1 is 1.20 bits per heavy atom. The van der Waals surface area contributed by atoms with Gasteiger partial charge in [0.25, 0.3) is 5.69 Å². The van der Waals surface area contributed by atoms with E-state index in [0.717, 1.165) is 5.56 Å². The molecule has 2 aromatic carbocycles. The van der Waals surface area contributed by atoms with Crippen LogP contribution < -0.4 is 4.90 Å². The number of nitriles is 1. The van der Waals surface area contributed by atoms with Crippen molar-refractivity contribution in [2.45, 2.75) is 6.54 Å². The average molecular weight is 334 g/mol. The van der Waals surface area contributed by atoms with Gasteiger partial charge in [0, 0.05) is 19.7 Å². The largest absolute Gasteiger partial charge is 0.419 e. The number of nitrogens with zero attached hydrogens (tertiary/aromatic N) is 4. The van der Waals surface area contributed by atoms with Crippen molar-refractivity contribution in [3.05, 3.63) is 76.0 Å². The van der Waals surface area contributed by atoms with E-state index in [0.29, 0.717) is 6.54 Å². The fourth-order valence-electron chi connectivity index (χ4n) is 2.50. The van der Waals surface area contributed by atoms with Gasteiger partial charge < -0.3 is 9.32 Å². The highest BCUT2D eigenvalue weighted by Crippen LogP contribution is 2.33. The molecule has 0 aliphatic carbocycles. The van der Waals surface area contributed by atoms with Crippen molar-refractivity contribution < 1.29 is 9.34 Å². The molecule has 7 nitrogen and oxygen atoms in total. The number of rotatable bonds is 5. The second-order valence-electron chi connectivity index (χ2n) is 5.40. The van der Waals surface area contributed by atoms with Crippen LogP contribution in [0.4, 0.5) is 11.6 Å². The van der Waals surface area contributed by atoms with Gasteiger partial charge in [-0.2, -0.15) is 10.2 Å². The molecule has 124 valence electrons. The molecule has 0 amide bonds.